The van der Waals surface area contributed by atoms with Gasteiger partial charge in [-0.2, -0.15) is 0 Å². The van der Waals surface area contributed by atoms with Gasteiger partial charge < -0.3 is 33.7 Å². The van der Waals surface area contributed by atoms with Crippen molar-refractivity contribution in [3.05, 3.63) is 72.3 Å². The summed E-state index contributed by atoms with van der Waals surface area (Å²) in [5, 5.41) is 2.72. The number of anilines is 1. The van der Waals surface area contributed by atoms with Crippen LogP contribution in [0.15, 0.2) is 66.7 Å². The third-order valence-corrected chi connectivity index (χ3v) is 4.78. The van der Waals surface area contributed by atoms with E-state index in [0.717, 1.165) is 5.75 Å². The van der Waals surface area contributed by atoms with Crippen LogP contribution in [-0.2, 0) is 9.53 Å². The Labute approximate surface area is 203 Å². The van der Waals surface area contributed by atoms with Crippen molar-refractivity contribution in [1.82, 2.24) is 0 Å². The largest absolute Gasteiger partial charge is 0.497 e. The summed E-state index contributed by atoms with van der Waals surface area (Å²) < 4.78 is 32.0. The van der Waals surface area contributed by atoms with Gasteiger partial charge in [-0.3, -0.25) is 4.79 Å². The Morgan fingerprint density at radius 2 is 1.43 bits per heavy atom. The molecule has 1 amide bonds. The van der Waals surface area contributed by atoms with E-state index < -0.39 is 5.97 Å². The molecule has 0 aliphatic heterocycles. The van der Waals surface area contributed by atoms with Crippen LogP contribution < -0.4 is 29.0 Å². The maximum atomic E-state index is 12.4. The van der Waals surface area contributed by atoms with Gasteiger partial charge in [0.2, 0.25) is 0 Å². The average molecular weight is 482 g/mol. The van der Waals surface area contributed by atoms with Crippen LogP contribution in [0.5, 0.6) is 28.7 Å². The lowest BCUT2D eigenvalue weighted by Crippen LogP contribution is -2.20. The van der Waals surface area contributed by atoms with E-state index in [1.165, 1.54) is 26.4 Å². The van der Waals surface area contributed by atoms with Crippen LogP contribution in [0.1, 0.15) is 10.4 Å². The summed E-state index contributed by atoms with van der Waals surface area (Å²) in [6, 6.07) is 18.7. The second-order valence-electron chi connectivity index (χ2n) is 7.06. The molecule has 0 aromatic heterocycles. The number of esters is 1. The van der Waals surface area contributed by atoms with Crippen LogP contribution in [0.2, 0.25) is 0 Å². The van der Waals surface area contributed by atoms with Gasteiger partial charge in [0.1, 0.15) is 30.5 Å². The van der Waals surface area contributed by atoms with Crippen molar-refractivity contribution in [1.29, 1.82) is 0 Å². The van der Waals surface area contributed by atoms with E-state index >= 15 is 0 Å². The molecule has 3 aromatic rings. The number of rotatable bonds is 12. The van der Waals surface area contributed by atoms with E-state index in [1.807, 2.05) is 0 Å². The van der Waals surface area contributed by atoms with Gasteiger partial charge in [0.05, 0.1) is 32.6 Å². The third kappa shape index (κ3) is 7.29. The molecule has 0 atom stereocenters. The molecule has 9 heteroatoms. The van der Waals surface area contributed by atoms with Gasteiger partial charge >= 0.3 is 5.97 Å². The van der Waals surface area contributed by atoms with Gasteiger partial charge in [-0.15, -0.1) is 0 Å². The lowest BCUT2D eigenvalue weighted by atomic mass is 10.2. The molecule has 0 saturated heterocycles. The third-order valence-electron chi connectivity index (χ3n) is 4.78. The van der Waals surface area contributed by atoms with E-state index in [2.05, 4.69) is 5.32 Å². The van der Waals surface area contributed by atoms with Crippen LogP contribution in [0, 0.1) is 0 Å². The first-order chi connectivity index (χ1) is 17.0. The number of carbonyl (C=O) groups excluding carboxylic acids is 2. The number of benzene rings is 3. The van der Waals surface area contributed by atoms with E-state index in [-0.39, 0.29) is 31.3 Å². The number of hydrogen-bond donors (Lipinski definition) is 1. The van der Waals surface area contributed by atoms with Crippen LogP contribution >= 0.6 is 0 Å². The Bertz CT molecular complexity index is 1130. The zero-order chi connectivity index (χ0) is 25.0. The summed E-state index contributed by atoms with van der Waals surface area (Å²) >= 11 is 0. The van der Waals surface area contributed by atoms with Crippen molar-refractivity contribution in [2.24, 2.45) is 0 Å². The number of ether oxygens (including phenoxy) is 6. The van der Waals surface area contributed by atoms with Gasteiger partial charge in [0, 0.05) is 0 Å². The van der Waals surface area contributed by atoms with Crippen LogP contribution in [0.3, 0.4) is 0 Å². The fourth-order valence-electron chi connectivity index (χ4n) is 3.04. The van der Waals surface area contributed by atoms with Crippen molar-refractivity contribution >= 4 is 17.6 Å². The molecule has 0 saturated carbocycles. The predicted molar refractivity (Wildman–Crippen MR) is 129 cm³/mol. The minimum absolute atomic E-state index is 0.0640. The fourth-order valence-corrected chi connectivity index (χ4v) is 3.04. The van der Waals surface area contributed by atoms with Gasteiger partial charge in [-0.1, -0.05) is 12.1 Å². The number of carbonyl (C=O) groups is 2. The standard InChI is InChI=1S/C26H27NO8/c1-30-19-9-11-20(12-10-19)33-14-15-34-26(29)18-8-13-23(24(16-18)32-3)35-17-25(28)27-21-6-4-5-7-22(21)31-2/h4-13,16H,14-15,17H2,1-3H3,(H,27,28). The maximum absolute atomic E-state index is 12.4. The molecule has 1 N–H and O–H groups in total. The monoisotopic (exact) mass is 481 g/mol. The number of methoxy groups -OCH3 is 3. The number of hydrogen-bond acceptors (Lipinski definition) is 8. The highest BCUT2D eigenvalue weighted by Crippen LogP contribution is 2.29. The van der Waals surface area contributed by atoms with Crippen molar-refractivity contribution in [3.8, 4) is 28.7 Å². The van der Waals surface area contributed by atoms with Crippen LogP contribution in [-0.4, -0.2) is 53.0 Å². The molecule has 3 rings (SSSR count). The smallest absolute Gasteiger partial charge is 0.338 e. The predicted octanol–water partition coefficient (Wildman–Crippen LogP) is 3.97. The van der Waals surface area contributed by atoms with E-state index in [0.29, 0.717) is 28.7 Å². The molecular weight excluding hydrogens is 454 g/mol. The minimum atomic E-state index is -0.540. The quantitative estimate of drug-likeness (QED) is 0.306. The Hall–Kier alpha value is -4.40. The molecule has 0 spiro atoms. The number of nitrogens with one attached hydrogen (secondary N) is 1. The second kappa shape index (κ2) is 12.7. The van der Waals surface area contributed by atoms with Crippen molar-refractivity contribution in [3.63, 3.8) is 0 Å². The summed E-state index contributed by atoms with van der Waals surface area (Å²) in [5.74, 6) is 1.58. The SMILES string of the molecule is COc1ccc(OCCOC(=O)c2ccc(OCC(=O)Nc3ccccc3OC)c(OC)c2)cc1. The topological polar surface area (TPSA) is 102 Å². The molecule has 9 nitrogen and oxygen atoms in total. The number of amides is 1. The molecule has 0 fully saturated rings. The zero-order valence-corrected chi connectivity index (χ0v) is 19.7. The lowest BCUT2D eigenvalue weighted by Gasteiger charge is -2.13. The molecule has 184 valence electrons. The highest BCUT2D eigenvalue weighted by Gasteiger charge is 2.14. The molecular formula is C26H27NO8. The maximum Gasteiger partial charge on any atom is 0.338 e. The lowest BCUT2D eigenvalue weighted by molar-refractivity contribution is -0.118. The number of para-hydroxylation sites is 2. The van der Waals surface area contributed by atoms with Crippen LogP contribution in [0.25, 0.3) is 0 Å². The summed E-state index contributed by atoms with van der Waals surface area (Å²) in [7, 11) is 4.55. The van der Waals surface area contributed by atoms with Crippen molar-refractivity contribution in [2.45, 2.75) is 0 Å². The highest BCUT2D eigenvalue weighted by molar-refractivity contribution is 5.93. The summed E-state index contributed by atoms with van der Waals surface area (Å²) in [6.45, 7) is -0.00679. The molecule has 0 aliphatic rings. The van der Waals surface area contributed by atoms with E-state index in [4.69, 9.17) is 28.4 Å². The van der Waals surface area contributed by atoms with Crippen molar-refractivity contribution < 1.29 is 38.0 Å². The first-order valence-corrected chi connectivity index (χ1v) is 10.7. The highest BCUT2D eigenvalue weighted by atomic mass is 16.6. The van der Waals surface area contributed by atoms with Gasteiger partial charge in [-0.25, -0.2) is 4.79 Å². The first kappa shape index (κ1) is 25.2. The normalized spacial score (nSPS) is 10.1. The Kier molecular flexibility index (Phi) is 9.18. The average Bonchev–Trinajstić information content (AvgIpc) is 2.90. The molecule has 3 aromatic carbocycles. The molecule has 0 unspecified atom stereocenters. The first-order valence-electron chi connectivity index (χ1n) is 10.7. The summed E-state index contributed by atoms with van der Waals surface area (Å²) in [4.78, 5) is 24.7. The molecule has 0 bridgehead atoms. The molecule has 0 aliphatic carbocycles. The van der Waals surface area contributed by atoms with Gasteiger partial charge in [0.25, 0.3) is 5.91 Å². The second-order valence-corrected chi connectivity index (χ2v) is 7.06. The zero-order valence-electron chi connectivity index (χ0n) is 19.7. The molecule has 0 heterocycles. The van der Waals surface area contributed by atoms with Crippen molar-refractivity contribution in [2.75, 3.05) is 46.5 Å². The van der Waals surface area contributed by atoms with Gasteiger partial charge in [0.15, 0.2) is 18.1 Å². The Morgan fingerprint density at radius 1 is 0.714 bits per heavy atom. The fraction of sp³-hybridized carbons (Fsp3) is 0.231. The molecule has 35 heavy (non-hydrogen) atoms. The van der Waals surface area contributed by atoms with E-state index in [9.17, 15) is 9.59 Å². The van der Waals surface area contributed by atoms with Crippen LogP contribution in [0.4, 0.5) is 5.69 Å². The summed E-state index contributed by atoms with van der Waals surface area (Å²) in [5.41, 5.74) is 0.807. The van der Waals surface area contributed by atoms with Gasteiger partial charge in [-0.05, 0) is 54.6 Å². The Morgan fingerprint density at radius 3 is 2.14 bits per heavy atom. The molecule has 0 radical (unpaired) electrons. The Balaban J connectivity index is 1.49. The minimum Gasteiger partial charge on any atom is -0.497 e. The van der Waals surface area contributed by atoms with E-state index in [1.54, 1.807) is 61.7 Å². The summed E-state index contributed by atoms with van der Waals surface area (Å²) in [6.07, 6.45) is 0.